The largest absolute Gasteiger partial charge is 0.334 e. The molecule has 0 saturated heterocycles. The first-order valence-electron chi connectivity index (χ1n) is 5.12. The van der Waals surface area contributed by atoms with Crippen LogP contribution in [0.5, 0.6) is 0 Å². The zero-order valence-corrected chi connectivity index (χ0v) is 9.81. The maximum absolute atomic E-state index is 4.43. The fraction of sp³-hybridized carbons (Fsp3) is 0.250. The Balaban J connectivity index is 1.97. The van der Waals surface area contributed by atoms with Gasteiger partial charge in [-0.3, -0.25) is 0 Å². The van der Waals surface area contributed by atoms with Gasteiger partial charge >= 0.3 is 0 Å². The van der Waals surface area contributed by atoms with E-state index in [2.05, 4.69) is 43.8 Å². The van der Waals surface area contributed by atoms with E-state index in [0.29, 0.717) is 6.04 Å². The normalized spacial score (nSPS) is 15.5. The Bertz CT molecular complexity index is 486. The molecule has 2 nitrogen and oxygen atoms in total. The zero-order valence-electron chi connectivity index (χ0n) is 8.23. The quantitative estimate of drug-likeness (QED) is 0.808. The third kappa shape index (κ3) is 1.84. The summed E-state index contributed by atoms with van der Waals surface area (Å²) in [4.78, 5) is 4.43. The number of rotatable bonds is 2. The predicted octanol–water partition coefficient (Wildman–Crippen LogP) is 3.65. The van der Waals surface area contributed by atoms with Gasteiger partial charge in [0.1, 0.15) is 0 Å². The average molecular weight is 263 g/mol. The summed E-state index contributed by atoms with van der Waals surface area (Å²) in [6.45, 7) is 0. The maximum Gasteiger partial charge on any atom is 0.0956 e. The van der Waals surface area contributed by atoms with Crippen molar-refractivity contribution in [2.45, 2.75) is 18.9 Å². The molecule has 3 rings (SSSR count). The van der Waals surface area contributed by atoms with Crippen molar-refractivity contribution in [2.24, 2.45) is 0 Å². The van der Waals surface area contributed by atoms with Crippen molar-refractivity contribution >= 4 is 15.9 Å². The Hall–Kier alpha value is -1.09. The minimum atomic E-state index is 0.707. The van der Waals surface area contributed by atoms with E-state index in [0.717, 1.165) is 10.2 Å². The Labute approximate surface area is 97.1 Å². The van der Waals surface area contributed by atoms with E-state index in [1.54, 1.807) is 0 Å². The van der Waals surface area contributed by atoms with E-state index in [1.807, 2.05) is 18.5 Å². The molecule has 15 heavy (non-hydrogen) atoms. The average Bonchev–Trinajstić information content (AvgIpc) is 2.97. The molecule has 0 unspecified atom stereocenters. The lowest BCUT2D eigenvalue weighted by atomic mass is 10.2. The van der Waals surface area contributed by atoms with Crippen molar-refractivity contribution in [3.8, 4) is 11.3 Å². The van der Waals surface area contributed by atoms with E-state index in [-0.39, 0.29) is 0 Å². The Morgan fingerprint density at radius 3 is 2.93 bits per heavy atom. The van der Waals surface area contributed by atoms with Crippen LogP contribution in [-0.4, -0.2) is 9.55 Å². The highest BCUT2D eigenvalue weighted by Crippen LogP contribution is 2.35. The van der Waals surface area contributed by atoms with Crippen molar-refractivity contribution in [3.05, 3.63) is 41.3 Å². The van der Waals surface area contributed by atoms with Crippen LogP contribution in [0.4, 0.5) is 0 Å². The van der Waals surface area contributed by atoms with Crippen LogP contribution >= 0.6 is 15.9 Å². The first-order valence-corrected chi connectivity index (χ1v) is 5.91. The molecule has 1 aromatic heterocycles. The minimum Gasteiger partial charge on any atom is -0.334 e. The molecule has 1 aromatic carbocycles. The van der Waals surface area contributed by atoms with Gasteiger partial charge in [0.2, 0.25) is 0 Å². The van der Waals surface area contributed by atoms with Crippen LogP contribution in [0.2, 0.25) is 0 Å². The summed E-state index contributed by atoms with van der Waals surface area (Å²) in [6.07, 6.45) is 6.68. The third-order valence-electron chi connectivity index (χ3n) is 2.69. The second kappa shape index (κ2) is 3.49. The monoisotopic (exact) mass is 262 g/mol. The second-order valence-corrected chi connectivity index (χ2v) is 4.86. The molecule has 76 valence electrons. The third-order valence-corrected chi connectivity index (χ3v) is 3.18. The Morgan fingerprint density at radius 2 is 2.20 bits per heavy atom. The summed E-state index contributed by atoms with van der Waals surface area (Å²) in [5.74, 6) is 0. The molecular formula is C12H11BrN2. The van der Waals surface area contributed by atoms with Gasteiger partial charge in [-0.25, -0.2) is 4.98 Å². The summed E-state index contributed by atoms with van der Waals surface area (Å²) in [7, 11) is 0. The molecule has 2 aromatic rings. The fourth-order valence-corrected chi connectivity index (χ4v) is 2.11. The number of benzene rings is 1. The van der Waals surface area contributed by atoms with E-state index < -0.39 is 0 Å². The Morgan fingerprint density at radius 1 is 1.33 bits per heavy atom. The van der Waals surface area contributed by atoms with Crippen molar-refractivity contribution in [1.29, 1.82) is 0 Å². The van der Waals surface area contributed by atoms with Crippen molar-refractivity contribution < 1.29 is 0 Å². The van der Waals surface area contributed by atoms with Crippen LogP contribution in [0.1, 0.15) is 18.9 Å². The number of hydrogen-bond donors (Lipinski definition) is 0. The van der Waals surface area contributed by atoms with Gasteiger partial charge in [-0.05, 0) is 25.0 Å². The molecule has 0 N–H and O–H groups in total. The summed E-state index contributed by atoms with van der Waals surface area (Å²) >= 11 is 3.47. The number of nitrogens with zero attached hydrogens (tertiary/aromatic N) is 2. The van der Waals surface area contributed by atoms with Crippen molar-refractivity contribution in [2.75, 3.05) is 0 Å². The summed E-state index contributed by atoms with van der Waals surface area (Å²) in [6, 6.07) is 8.96. The van der Waals surface area contributed by atoms with Crippen LogP contribution in [0, 0.1) is 0 Å². The molecule has 0 radical (unpaired) electrons. The molecule has 0 spiro atoms. The molecule has 1 aliphatic rings. The van der Waals surface area contributed by atoms with Crippen LogP contribution < -0.4 is 0 Å². The van der Waals surface area contributed by atoms with Gasteiger partial charge in [-0.15, -0.1) is 0 Å². The van der Waals surface area contributed by atoms with Gasteiger partial charge in [0.25, 0.3) is 0 Å². The number of halogens is 1. The van der Waals surface area contributed by atoms with Crippen molar-refractivity contribution in [1.82, 2.24) is 9.55 Å². The molecule has 0 atom stereocenters. The minimum absolute atomic E-state index is 0.707. The van der Waals surface area contributed by atoms with Crippen molar-refractivity contribution in [3.63, 3.8) is 0 Å². The molecule has 1 fully saturated rings. The van der Waals surface area contributed by atoms with Gasteiger partial charge in [0, 0.05) is 22.3 Å². The highest BCUT2D eigenvalue weighted by atomic mass is 79.9. The summed E-state index contributed by atoms with van der Waals surface area (Å²) < 4.78 is 3.32. The predicted molar refractivity (Wildman–Crippen MR) is 63.6 cm³/mol. The van der Waals surface area contributed by atoms with E-state index in [1.165, 1.54) is 18.4 Å². The van der Waals surface area contributed by atoms with Gasteiger partial charge in [-0.2, -0.15) is 0 Å². The molecule has 0 bridgehead atoms. The van der Waals surface area contributed by atoms with E-state index in [4.69, 9.17) is 0 Å². The van der Waals surface area contributed by atoms with Gasteiger partial charge in [0.05, 0.1) is 12.0 Å². The maximum atomic E-state index is 4.43. The highest BCUT2D eigenvalue weighted by Gasteiger charge is 2.23. The first-order chi connectivity index (χ1) is 7.33. The molecule has 1 saturated carbocycles. The Kier molecular flexibility index (Phi) is 2.13. The van der Waals surface area contributed by atoms with Gasteiger partial charge in [-0.1, -0.05) is 28.1 Å². The lowest BCUT2D eigenvalue weighted by molar-refractivity contribution is 0.741. The zero-order chi connectivity index (χ0) is 10.3. The van der Waals surface area contributed by atoms with Crippen LogP contribution in [0.25, 0.3) is 11.3 Å². The highest BCUT2D eigenvalue weighted by molar-refractivity contribution is 9.10. The van der Waals surface area contributed by atoms with E-state index in [9.17, 15) is 0 Å². The molecule has 1 heterocycles. The fourth-order valence-electron chi connectivity index (χ4n) is 1.71. The lowest BCUT2D eigenvalue weighted by Crippen LogP contribution is -1.86. The standard InChI is InChI=1S/C12H11BrN2/c13-10-3-1-2-9(6-10)12-7-15(8-14-12)11-4-5-11/h1-3,6-8,11H,4-5H2. The van der Waals surface area contributed by atoms with Crippen LogP contribution in [0.3, 0.4) is 0 Å². The SMILES string of the molecule is Brc1cccc(-c2cn(C3CC3)cn2)c1. The number of aromatic nitrogens is 2. The molecule has 0 amide bonds. The van der Waals surface area contributed by atoms with Gasteiger partial charge in [0.15, 0.2) is 0 Å². The summed E-state index contributed by atoms with van der Waals surface area (Å²) in [5, 5.41) is 0. The summed E-state index contributed by atoms with van der Waals surface area (Å²) in [5.41, 5.74) is 2.23. The lowest BCUT2D eigenvalue weighted by Gasteiger charge is -1.97. The molecule has 1 aliphatic carbocycles. The molecular weight excluding hydrogens is 252 g/mol. The smallest absolute Gasteiger partial charge is 0.0956 e. The van der Waals surface area contributed by atoms with Gasteiger partial charge < -0.3 is 4.57 Å². The van der Waals surface area contributed by atoms with Crippen LogP contribution in [0.15, 0.2) is 41.3 Å². The van der Waals surface area contributed by atoms with Crippen LogP contribution in [-0.2, 0) is 0 Å². The topological polar surface area (TPSA) is 17.8 Å². The molecule has 3 heteroatoms. The second-order valence-electron chi connectivity index (χ2n) is 3.95. The number of imidazole rings is 1. The number of hydrogen-bond acceptors (Lipinski definition) is 1. The first kappa shape index (κ1) is 9.16. The molecule has 0 aliphatic heterocycles. The van der Waals surface area contributed by atoms with E-state index >= 15 is 0 Å².